The monoisotopic (exact) mass is 248 g/mol. The molecule has 0 aliphatic rings. The van der Waals surface area contributed by atoms with Gasteiger partial charge in [0.15, 0.2) is 0 Å². The number of nitrogens with two attached hydrogens (primary N) is 1. The third-order valence-electron chi connectivity index (χ3n) is 2.38. The lowest BCUT2D eigenvalue weighted by Gasteiger charge is -2.15. The van der Waals surface area contributed by atoms with E-state index in [0.29, 0.717) is 11.0 Å². The molecular formula is C12H13ClN4. The van der Waals surface area contributed by atoms with E-state index in [9.17, 15) is 0 Å². The third kappa shape index (κ3) is 3.07. The Morgan fingerprint density at radius 2 is 2.18 bits per heavy atom. The fourth-order valence-electron chi connectivity index (χ4n) is 1.55. The maximum absolute atomic E-state index is 5.77. The first-order valence-electron chi connectivity index (χ1n) is 5.24. The number of nitrogens with one attached hydrogen (secondary N) is 1. The molecule has 0 amide bonds. The number of nitrogen functional groups attached to an aromatic ring is 1. The number of benzene rings is 1. The molecule has 0 aliphatic carbocycles. The maximum atomic E-state index is 5.77. The summed E-state index contributed by atoms with van der Waals surface area (Å²) < 4.78 is 0. The molecule has 0 radical (unpaired) electrons. The standard InChI is InChI=1S/C12H13ClN4/c1-8(9-3-2-4-10(14)5-9)16-12-7-15-6-11(13)17-12/h2-8H,14H2,1H3,(H,16,17)/t8-/m0/s1. The number of anilines is 2. The number of halogens is 1. The van der Waals surface area contributed by atoms with Crippen molar-refractivity contribution in [1.29, 1.82) is 0 Å². The van der Waals surface area contributed by atoms with Gasteiger partial charge in [0.25, 0.3) is 0 Å². The van der Waals surface area contributed by atoms with Gasteiger partial charge in [-0.25, -0.2) is 4.98 Å². The van der Waals surface area contributed by atoms with Crippen LogP contribution in [-0.2, 0) is 0 Å². The Bertz CT molecular complexity index is 515. The summed E-state index contributed by atoms with van der Waals surface area (Å²) in [5, 5.41) is 3.58. The van der Waals surface area contributed by atoms with Gasteiger partial charge in [-0.2, -0.15) is 0 Å². The molecule has 1 atom stereocenters. The van der Waals surface area contributed by atoms with Crippen LogP contribution in [0.3, 0.4) is 0 Å². The number of aromatic nitrogens is 2. The van der Waals surface area contributed by atoms with Gasteiger partial charge in [-0.3, -0.25) is 4.98 Å². The topological polar surface area (TPSA) is 63.8 Å². The zero-order valence-electron chi connectivity index (χ0n) is 9.39. The van der Waals surface area contributed by atoms with E-state index < -0.39 is 0 Å². The molecule has 2 aromatic rings. The Balaban J connectivity index is 2.14. The summed E-state index contributed by atoms with van der Waals surface area (Å²) in [7, 11) is 0. The van der Waals surface area contributed by atoms with Crippen LogP contribution < -0.4 is 11.1 Å². The lowest BCUT2D eigenvalue weighted by molar-refractivity contribution is 0.872. The highest BCUT2D eigenvalue weighted by atomic mass is 35.5. The van der Waals surface area contributed by atoms with Crippen LogP contribution in [0.25, 0.3) is 0 Å². The minimum absolute atomic E-state index is 0.0891. The molecule has 88 valence electrons. The summed E-state index contributed by atoms with van der Waals surface area (Å²) in [5.74, 6) is 0.646. The van der Waals surface area contributed by atoms with Gasteiger partial charge in [0.1, 0.15) is 11.0 Å². The lowest BCUT2D eigenvalue weighted by atomic mass is 10.1. The molecule has 0 bridgehead atoms. The van der Waals surface area contributed by atoms with Crippen LogP contribution in [-0.4, -0.2) is 9.97 Å². The van der Waals surface area contributed by atoms with E-state index in [1.54, 1.807) is 6.20 Å². The van der Waals surface area contributed by atoms with Gasteiger partial charge in [0.2, 0.25) is 0 Å². The Morgan fingerprint density at radius 3 is 2.88 bits per heavy atom. The molecule has 17 heavy (non-hydrogen) atoms. The molecule has 0 unspecified atom stereocenters. The smallest absolute Gasteiger partial charge is 0.149 e. The first kappa shape index (κ1) is 11.7. The Kier molecular flexibility index (Phi) is 3.44. The molecule has 2 rings (SSSR count). The van der Waals surface area contributed by atoms with Crippen molar-refractivity contribution in [1.82, 2.24) is 9.97 Å². The van der Waals surface area contributed by atoms with Gasteiger partial charge in [0.05, 0.1) is 18.4 Å². The average molecular weight is 249 g/mol. The zero-order chi connectivity index (χ0) is 12.3. The maximum Gasteiger partial charge on any atom is 0.149 e. The number of rotatable bonds is 3. The minimum atomic E-state index is 0.0891. The van der Waals surface area contributed by atoms with Crippen molar-refractivity contribution >= 4 is 23.1 Å². The third-order valence-corrected chi connectivity index (χ3v) is 2.56. The normalized spacial score (nSPS) is 12.1. The van der Waals surface area contributed by atoms with Crippen LogP contribution in [0.1, 0.15) is 18.5 Å². The molecule has 0 saturated carbocycles. The van der Waals surface area contributed by atoms with E-state index in [-0.39, 0.29) is 6.04 Å². The predicted molar refractivity (Wildman–Crippen MR) is 69.9 cm³/mol. The Hall–Kier alpha value is -1.81. The molecule has 4 nitrogen and oxygen atoms in total. The van der Waals surface area contributed by atoms with E-state index >= 15 is 0 Å². The van der Waals surface area contributed by atoms with E-state index in [0.717, 1.165) is 11.3 Å². The molecule has 0 fully saturated rings. The highest BCUT2D eigenvalue weighted by molar-refractivity contribution is 6.29. The van der Waals surface area contributed by atoms with Crippen molar-refractivity contribution in [2.45, 2.75) is 13.0 Å². The second-order valence-electron chi connectivity index (χ2n) is 3.76. The predicted octanol–water partition coefficient (Wildman–Crippen LogP) is 2.89. The number of nitrogens with zero attached hydrogens (tertiary/aromatic N) is 2. The van der Waals surface area contributed by atoms with E-state index in [1.165, 1.54) is 6.20 Å². The van der Waals surface area contributed by atoms with Gasteiger partial charge in [-0.05, 0) is 24.6 Å². The molecule has 5 heteroatoms. The SMILES string of the molecule is C[C@H](Nc1cncc(Cl)n1)c1cccc(N)c1. The van der Waals surface area contributed by atoms with Gasteiger partial charge < -0.3 is 11.1 Å². The van der Waals surface area contributed by atoms with Crippen LogP contribution in [0.15, 0.2) is 36.7 Å². The fourth-order valence-corrected chi connectivity index (χ4v) is 1.69. The molecule has 0 aliphatic heterocycles. The first-order chi connectivity index (χ1) is 8.15. The first-order valence-corrected chi connectivity index (χ1v) is 5.62. The van der Waals surface area contributed by atoms with Crippen molar-refractivity contribution in [3.63, 3.8) is 0 Å². The number of hydrogen-bond acceptors (Lipinski definition) is 4. The van der Waals surface area contributed by atoms with Crippen LogP contribution in [0.4, 0.5) is 11.5 Å². The van der Waals surface area contributed by atoms with Crippen LogP contribution in [0, 0.1) is 0 Å². The summed E-state index contributed by atoms with van der Waals surface area (Å²) in [4.78, 5) is 8.09. The summed E-state index contributed by atoms with van der Waals surface area (Å²) >= 11 is 5.77. The second-order valence-corrected chi connectivity index (χ2v) is 4.15. The van der Waals surface area contributed by atoms with E-state index in [1.807, 2.05) is 31.2 Å². The van der Waals surface area contributed by atoms with E-state index in [2.05, 4.69) is 15.3 Å². The molecule has 1 aromatic heterocycles. The van der Waals surface area contributed by atoms with Crippen LogP contribution in [0.2, 0.25) is 5.15 Å². The minimum Gasteiger partial charge on any atom is -0.399 e. The van der Waals surface area contributed by atoms with Crippen molar-refractivity contribution in [3.8, 4) is 0 Å². The zero-order valence-corrected chi connectivity index (χ0v) is 10.1. The van der Waals surface area contributed by atoms with Crippen LogP contribution >= 0.6 is 11.6 Å². The largest absolute Gasteiger partial charge is 0.399 e. The van der Waals surface area contributed by atoms with Crippen molar-refractivity contribution < 1.29 is 0 Å². The Morgan fingerprint density at radius 1 is 1.35 bits per heavy atom. The van der Waals surface area contributed by atoms with Gasteiger partial charge in [-0.15, -0.1) is 0 Å². The average Bonchev–Trinajstić information content (AvgIpc) is 2.29. The van der Waals surface area contributed by atoms with E-state index in [4.69, 9.17) is 17.3 Å². The van der Waals surface area contributed by atoms with Crippen LogP contribution in [0.5, 0.6) is 0 Å². The molecule has 1 aromatic carbocycles. The quantitative estimate of drug-likeness (QED) is 0.820. The number of hydrogen-bond donors (Lipinski definition) is 2. The molecule has 3 N–H and O–H groups in total. The lowest BCUT2D eigenvalue weighted by Crippen LogP contribution is -2.08. The summed E-state index contributed by atoms with van der Waals surface area (Å²) in [6.45, 7) is 2.03. The van der Waals surface area contributed by atoms with Crippen molar-refractivity contribution in [3.05, 3.63) is 47.4 Å². The van der Waals surface area contributed by atoms with Crippen molar-refractivity contribution in [2.24, 2.45) is 0 Å². The highest BCUT2D eigenvalue weighted by Crippen LogP contribution is 2.19. The second kappa shape index (κ2) is 5.01. The fraction of sp³-hybridized carbons (Fsp3) is 0.167. The van der Waals surface area contributed by atoms with Gasteiger partial charge >= 0.3 is 0 Å². The summed E-state index contributed by atoms with van der Waals surface area (Å²) in [6.07, 6.45) is 3.13. The molecule has 1 heterocycles. The summed E-state index contributed by atoms with van der Waals surface area (Å²) in [6, 6.07) is 7.80. The Labute approximate surface area is 105 Å². The van der Waals surface area contributed by atoms with Gasteiger partial charge in [0, 0.05) is 5.69 Å². The molecular weight excluding hydrogens is 236 g/mol. The molecule has 0 saturated heterocycles. The van der Waals surface area contributed by atoms with Crippen molar-refractivity contribution in [2.75, 3.05) is 11.1 Å². The molecule has 0 spiro atoms. The summed E-state index contributed by atoms with van der Waals surface area (Å²) in [5.41, 5.74) is 7.57. The highest BCUT2D eigenvalue weighted by Gasteiger charge is 2.06. The van der Waals surface area contributed by atoms with Gasteiger partial charge in [-0.1, -0.05) is 23.7 Å².